The molecule has 1 aromatic carbocycles. The quantitative estimate of drug-likeness (QED) is 0.701. The highest BCUT2D eigenvalue weighted by molar-refractivity contribution is 5.97. The summed E-state index contributed by atoms with van der Waals surface area (Å²) in [4.78, 5) is 41.2. The monoisotopic (exact) mass is 404 g/mol. The fourth-order valence-corrected chi connectivity index (χ4v) is 2.85. The maximum absolute atomic E-state index is 13.6. The molecular formula is C20H25FN4O4. The van der Waals surface area contributed by atoms with Crippen molar-refractivity contribution in [2.75, 3.05) is 6.54 Å². The van der Waals surface area contributed by atoms with Crippen molar-refractivity contribution in [3.63, 3.8) is 0 Å². The standard InChI is InChI=1S/C20H25FN4O4/c1-6-22-16(27)13-9-12(21)8-7-11(13)10-23-17(28)14-15(26)18(29)25(5)19(24-14)20(2,3)4/h7-9,26H,6,10H2,1-5H3,(H,22,27)(H,23,28). The van der Waals surface area contributed by atoms with Gasteiger partial charge in [-0.15, -0.1) is 0 Å². The molecule has 1 aromatic heterocycles. The van der Waals surface area contributed by atoms with Gasteiger partial charge in [-0.3, -0.25) is 19.0 Å². The Labute approximate surface area is 167 Å². The van der Waals surface area contributed by atoms with Crippen LogP contribution in [0, 0.1) is 5.82 Å². The lowest BCUT2D eigenvalue weighted by Gasteiger charge is -2.21. The number of carbonyl (C=O) groups excluding carboxylic acids is 2. The summed E-state index contributed by atoms with van der Waals surface area (Å²) in [7, 11) is 1.47. The van der Waals surface area contributed by atoms with Gasteiger partial charge in [-0.05, 0) is 24.6 Å². The number of rotatable bonds is 5. The number of hydrogen-bond donors (Lipinski definition) is 3. The Kier molecular flexibility index (Phi) is 6.41. The number of nitrogens with one attached hydrogen (secondary N) is 2. The number of carbonyl (C=O) groups is 2. The molecule has 0 aliphatic rings. The molecule has 0 saturated carbocycles. The molecule has 0 aliphatic carbocycles. The van der Waals surface area contributed by atoms with Gasteiger partial charge in [-0.25, -0.2) is 9.37 Å². The molecule has 9 heteroatoms. The molecule has 2 amide bonds. The van der Waals surface area contributed by atoms with Gasteiger partial charge in [0, 0.05) is 31.1 Å². The number of benzene rings is 1. The molecule has 29 heavy (non-hydrogen) atoms. The smallest absolute Gasteiger partial charge is 0.296 e. The van der Waals surface area contributed by atoms with Gasteiger partial charge in [0.1, 0.15) is 11.6 Å². The third-order valence-electron chi connectivity index (χ3n) is 4.25. The van der Waals surface area contributed by atoms with Crippen molar-refractivity contribution >= 4 is 11.8 Å². The van der Waals surface area contributed by atoms with Crippen LogP contribution in [0.1, 0.15) is 59.9 Å². The van der Waals surface area contributed by atoms with Crippen LogP contribution in [0.25, 0.3) is 0 Å². The third kappa shape index (κ3) is 4.79. The van der Waals surface area contributed by atoms with Crippen LogP contribution >= 0.6 is 0 Å². The Morgan fingerprint density at radius 3 is 2.45 bits per heavy atom. The average molecular weight is 404 g/mol. The summed E-state index contributed by atoms with van der Waals surface area (Å²) in [5.41, 5.74) is -1.22. The van der Waals surface area contributed by atoms with Gasteiger partial charge in [0.05, 0.1) is 0 Å². The van der Waals surface area contributed by atoms with E-state index in [9.17, 15) is 23.9 Å². The topological polar surface area (TPSA) is 113 Å². The minimum Gasteiger partial charge on any atom is -0.501 e. The SMILES string of the molecule is CCNC(=O)c1cc(F)ccc1CNC(=O)c1nc(C(C)(C)C)n(C)c(=O)c1O. The Hall–Kier alpha value is -3.23. The van der Waals surface area contributed by atoms with Gasteiger partial charge < -0.3 is 15.7 Å². The van der Waals surface area contributed by atoms with E-state index in [1.807, 2.05) is 20.8 Å². The van der Waals surface area contributed by atoms with Gasteiger partial charge in [0.2, 0.25) is 5.75 Å². The van der Waals surface area contributed by atoms with Crippen molar-refractivity contribution < 1.29 is 19.1 Å². The van der Waals surface area contributed by atoms with Crippen LogP contribution in [0.5, 0.6) is 5.75 Å². The maximum Gasteiger partial charge on any atom is 0.296 e. The number of amides is 2. The van der Waals surface area contributed by atoms with E-state index < -0.39 is 40.0 Å². The summed E-state index contributed by atoms with van der Waals surface area (Å²) in [5, 5.41) is 15.2. The molecule has 0 unspecified atom stereocenters. The van der Waals surface area contributed by atoms with Crippen molar-refractivity contribution in [3.8, 4) is 5.75 Å². The van der Waals surface area contributed by atoms with Crippen LogP contribution in [0.3, 0.4) is 0 Å². The highest BCUT2D eigenvalue weighted by Crippen LogP contribution is 2.21. The normalized spacial score (nSPS) is 11.2. The zero-order valence-corrected chi connectivity index (χ0v) is 17.1. The summed E-state index contributed by atoms with van der Waals surface area (Å²) in [6.45, 7) is 7.45. The third-order valence-corrected chi connectivity index (χ3v) is 4.25. The first-order valence-electron chi connectivity index (χ1n) is 9.12. The Morgan fingerprint density at radius 2 is 1.86 bits per heavy atom. The van der Waals surface area contributed by atoms with Crippen molar-refractivity contribution in [1.82, 2.24) is 20.2 Å². The first-order chi connectivity index (χ1) is 13.5. The second-order valence-electron chi connectivity index (χ2n) is 7.59. The highest BCUT2D eigenvalue weighted by atomic mass is 19.1. The summed E-state index contributed by atoms with van der Waals surface area (Å²) >= 11 is 0. The van der Waals surface area contributed by atoms with E-state index in [0.29, 0.717) is 17.9 Å². The molecule has 0 spiro atoms. The van der Waals surface area contributed by atoms with Crippen molar-refractivity contribution in [3.05, 3.63) is 57.0 Å². The van der Waals surface area contributed by atoms with Gasteiger partial charge in [-0.1, -0.05) is 26.8 Å². The fourth-order valence-electron chi connectivity index (χ4n) is 2.85. The van der Waals surface area contributed by atoms with Crippen LogP contribution < -0.4 is 16.2 Å². The minimum absolute atomic E-state index is 0.0867. The first kappa shape index (κ1) is 22.1. The van der Waals surface area contributed by atoms with E-state index in [2.05, 4.69) is 15.6 Å². The van der Waals surface area contributed by atoms with E-state index in [1.54, 1.807) is 6.92 Å². The van der Waals surface area contributed by atoms with Gasteiger partial charge in [-0.2, -0.15) is 0 Å². The zero-order chi connectivity index (χ0) is 21.9. The van der Waals surface area contributed by atoms with Crippen molar-refractivity contribution in [2.24, 2.45) is 7.05 Å². The number of aromatic nitrogens is 2. The molecule has 0 radical (unpaired) electrons. The van der Waals surface area contributed by atoms with Crippen LogP contribution in [0.4, 0.5) is 4.39 Å². The van der Waals surface area contributed by atoms with E-state index in [4.69, 9.17) is 0 Å². The molecule has 0 atom stereocenters. The van der Waals surface area contributed by atoms with Crippen molar-refractivity contribution in [1.29, 1.82) is 0 Å². The summed E-state index contributed by atoms with van der Waals surface area (Å²) in [5.74, 6) is -2.27. The second-order valence-corrected chi connectivity index (χ2v) is 7.59. The second kappa shape index (κ2) is 8.42. The Balaban J connectivity index is 2.35. The summed E-state index contributed by atoms with van der Waals surface area (Å²) < 4.78 is 14.7. The zero-order valence-electron chi connectivity index (χ0n) is 17.1. The average Bonchev–Trinajstić information content (AvgIpc) is 2.64. The molecule has 0 bridgehead atoms. The maximum atomic E-state index is 13.6. The molecule has 0 saturated heterocycles. The predicted octanol–water partition coefficient (Wildman–Crippen LogP) is 1.60. The van der Waals surface area contributed by atoms with E-state index >= 15 is 0 Å². The largest absolute Gasteiger partial charge is 0.501 e. The lowest BCUT2D eigenvalue weighted by Crippen LogP contribution is -2.34. The Morgan fingerprint density at radius 1 is 1.21 bits per heavy atom. The molecule has 0 aliphatic heterocycles. The number of aromatic hydroxyl groups is 1. The number of hydrogen-bond acceptors (Lipinski definition) is 5. The van der Waals surface area contributed by atoms with E-state index in [0.717, 1.165) is 6.07 Å². The van der Waals surface area contributed by atoms with E-state index in [1.165, 1.54) is 23.7 Å². The van der Waals surface area contributed by atoms with Crippen LogP contribution in [-0.2, 0) is 19.0 Å². The van der Waals surface area contributed by atoms with Gasteiger partial charge >= 0.3 is 0 Å². The van der Waals surface area contributed by atoms with Crippen molar-refractivity contribution in [2.45, 2.75) is 39.7 Å². The first-order valence-corrected chi connectivity index (χ1v) is 9.12. The summed E-state index contributed by atoms with van der Waals surface area (Å²) in [6.07, 6.45) is 0. The lowest BCUT2D eigenvalue weighted by atomic mass is 9.95. The molecular weight excluding hydrogens is 379 g/mol. The molecule has 8 nitrogen and oxygen atoms in total. The predicted molar refractivity (Wildman–Crippen MR) is 105 cm³/mol. The molecule has 0 fully saturated rings. The van der Waals surface area contributed by atoms with Crippen LogP contribution in [-0.4, -0.2) is 33.0 Å². The van der Waals surface area contributed by atoms with Crippen LogP contribution in [0.2, 0.25) is 0 Å². The van der Waals surface area contributed by atoms with Crippen LogP contribution in [0.15, 0.2) is 23.0 Å². The fraction of sp³-hybridized carbons (Fsp3) is 0.400. The molecule has 2 rings (SSSR count). The molecule has 1 heterocycles. The summed E-state index contributed by atoms with van der Waals surface area (Å²) in [6, 6.07) is 3.65. The molecule has 2 aromatic rings. The van der Waals surface area contributed by atoms with Gasteiger partial charge in [0.25, 0.3) is 17.4 Å². The van der Waals surface area contributed by atoms with Gasteiger partial charge in [0.15, 0.2) is 5.69 Å². The molecule has 156 valence electrons. The minimum atomic E-state index is -0.781. The number of halogens is 1. The Bertz CT molecular complexity index is 1010. The highest BCUT2D eigenvalue weighted by Gasteiger charge is 2.26. The van der Waals surface area contributed by atoms with E-state index in [-0.39, 0.29) is 12.1 Å². The number of nitrogens with zero attached hydrogens (tertiary/aromatic N) is 2. The lowest BCUT2D eigenvalue weighted by molar-refractivity contribution is 0.0930. The molecule has 3 N–H and O–H groups in total.